The van der Waals surface area contributed by atoms with Gasteiger partial charge in [0, 0.05) is 37.9 Å². The number of aromatic amines is 1. The van der Waals surface area contributed by atoms with Gasteiger partial charge in [0.15, 0.2) is 5.52 Å². The van der Waals surface area contributed by atoms with Crippen LogP contribution in [0.15, 0.2) is 53.3 Å². The van der Waals surface area contributed by atoms with E-state index < -0.39 is 0 Å². The number of piperazine rings is 1. The minimum absolute atomic E-state index is 0.233. The van der Waals surface area contributed by atoms with Crippen molar-refractivity contribution in [3.8, 4) is 22.8 Å². The molecule has 0 radical (unpaired) electrons. The molecule has 0 spiro atoms. The van der Waals surface area contributed by atoms with Crippen LogP contribution >= 0.6 is 0 Å². The van der Waals surface area contributed by atoms with E-state index in [4.69, 9.17) is 9.72 Å². The molecule has 0 amide bonds. The van der Waals surface area contributed by atoms with Crippen molar-refractivity contribution in [2.75, 3.05) is 37.7 Å². The Morgan fingerprint density at radius 1 is 1.06 bits per heavy atom. The summed E-state index contributed by atoms with van der Waals surface area (Å²) in [4.78, 5) is 23.2. The van der Waals surface area contributed by atoms with Gasteiger partial charge in [-0.2, -0.15) is 5.10 Å². The Bertz CT molecular complexity index is 1310. The lowest BCUT2D eigenvalue weighted by molar-refractivity contribution is 0.341. The summed E-state index contributed by atoms with van der Waals surface area (Å²) in [5.41, 5.74) is 4.18. The fraction of sp³-hybridized carbons (Fsp3) is 0.292. The molecule has 1 aliphatic heterocycles. The van der Waals surface area contributed by atoms with Crippen LogP contribution < -0.4 is 20.5 Å². The molecule has 164 valence electrons. The second kappa shape index (κ2) is 8.47. The van der Waals surface area contributed by atoms with Crippen LogP contribution in [-0.4, -0.2) is 52.5 Å². The van der Waals surface area contributed by atoms with Gasteiger partial charge in [-0.1, -0.05) is 18.2 Å². The van der Waals surface area contributed by atoms with E-state index in [0.29, 0.717) is 34.9 Å². The van der Waals surface area contributed by atoms with E-state index in [1.165, 1.54) is 0 Å². The first-order chi connectivity index (χ1) is 15.7. The Labute approximate surface area is 185 Å². The number of hydrogen-bond donors (Lipinski definition) is 2. The normalized spacial score (nSPS) is 14.1. The Kier molecular flexibility index (Phi) is 5.36. The number of rotatable bonds is 5. The minimum Gasteiger partial charge on any atom is -0.493 e. The monoisotopic (exact) mass is 430 g/mol. The number of ether oxygens (including phenoxy) is 1. The highest BCUT2D eigenvalue weighted by Gasteiger charge is 2.19. The predicted octanol–water partition coefficient (Wildman–Crippen LogP) is 2.89. The number of anilines is 1. The molecule has 3 heterocycles. The molecule has 2 N–H and O–H groups in total. The average Bonchev–Trinajstić information content (AvgIpc) is 3.17. The van der Waals surface area contributed by atoms with Gasteiger partial charge < -0.3 is 19.9 Å². The van der Waals surface area contributed by atoms with Crippen molar-refractivity contribution in [3.63, 3.8) is 0 Å². The summed E-state index contributed by atoms with van der Waals surface area (Å²) in [5, 5.41) is 7.95. The smallest absolute Gasteiger partial charge is 0.277 e. The second-order valence-corrected chi connectivity index (χ2v) is 7.80. The van der Waals surface area contributed by atoms with E-state index in [2.05, 4.69) is 26.4 Å². The zero-order valence-electron chi connectivity index (χ0n) is 18.3. The fourth-order valence-electron chi connectivity index (χ4n) is 4.15. The zero-order chi connectivity index (χ0) is 22.1. The highest BCUT2D eigenvalue weighted by Crippen LogP contribution is 2.33. The molecule has 0 saturated carbocycles. The van der Waals surface area contributed by atoms with Crippen LogP contribution in [0.3, 0.4) is 0 Å². The maximum Gasteiger partial charge on any atom is 0.277 e. The Morgan fingerprint density at radius 3 is 2.59 bits per heavy atom. The molecule has 5 rings (SSSR count). The molecular formula is C24H26N6O2. The van der Waals surface area contributed by atoms with Gasteiger partial charge in [0.25, 0.3) is 5.56 Å². The van der Waals surface area contributed by atoms with Crippen molar-refractivity contribution in [2.45, 2.75) is 13.8 Å². The molecule has 1 fully saturated rings. The van der Waals surface area contributed by atoms with Crippen LogP contribution in [0.2, 0.25) is 0 Å². The maximum absolute atomic E-state index is 13.2. The van der Waals surface area contributed by atoms with Crippen LogP contribution in [0.5, 0.6) is 5.75 Å². The van der Waals surface area contributed by atoms with Gasteiger partial charge in [0.05, 0.1) is 23.6 Å². The van der Waals surface area contributed by atoms with Crippen LogP contribution in [0.1, 0.15) is 12.6 Å². The van der Waals surface area contributed by atoms with Crippen molar-refractivity contribution in [3.05, 3.63) is 64.6 Å². The molecule has 4 aromatic rings. The van der Waals surface area contributed by atoms with E-state index >= 15 is 0 Å². The van der Waals surface area contributed by atoms with Crippen LogP contribution in [0.25, 0.3) is 28.1 Å². The van der Waals surface area contributed by atoms with Gasteiger partial charge in [0.2, 0.25) is 0 Å². The topological polar surface area (TPSA) is 88.1 Å². The Hall–Kier alpha value is -3.65. The van der Waals surface area contributed by atoms with Crippen molar-refractivity contribution < 1.29 is 4.74 Å². The molecule has 0 atom stereocenters. The SMILES string of the molecule is CCOc1cc(N2CCNCC2)ccc1-c1nc2c(C)nn(-c3ccccc3)c2c(=O)[nH]1. The summed E-state index contributed by atoms with van der Waals surface area (Å²) in [6.07, 6.45) is 0. The third-order valence-corrected chi connectivity index (χ3v) is 5.70. The second-order valence-electron chi connectivity index (χ2n) is 7.80. The minimum atomic E-state index is -0.233. The summed E-state index contributed by atoms with van der Waals surface area (Å²) in [6.45, 7) is 8.16. The lowest BCUT2D eigenvalue weighted by Gasteiger charge is -2.30. The van der Waals surface area contributed by atoms with Gasteiger partial charge in [-0.15, -0.1) is 0 Å². The van der Waals surface area contributed by atoms with Crippen molar-refractivity contribution in [2.24, 2.45) is 0 Å². The molecular weight excluding hydrogens is 404 g/mol. The quantitative estimate of drug-likeness (QED) is 0.506. The number of H-pyrrole nitrogens is 1. The third kappa shape index (κ3) is 3.62. The molecule has 0 unspecified atom stereocenters. The predicted molar refractivity (Wildman–Crippen MR) is 126 cm³/mol. The number of nitrogens with zero attached hydrogens (tertiary/aromatic N) is 4. The van der Waals surface area contributed by atoms with E-state index in [1.807, 2.05) is 56.3 Å². The van der Waals surface area contributed by atoms with Crippen LogP contribution in [0, 0.1) is 6.92 Å². The van der Waals surface area contributed by atoms with Gasteiger partial charge >= 0.3 is 0 Å². The van der Waals surface area contributed by atoms with Crippen molar-refractivity contribution in [1.29, 1.82) is 0 Å². The van der Waals surface area contributed by atoms with Gasteiger partial charge in [-0.3, -0.25) is 4.79 Å². The Balaban J connectivity index is 1.61. The number of fused-ring (bicyclic) bond motifs is 1. The van der Waals surface area contributed by atoms with Gasteiger partial charge in [-0.25, -0.2) is 9.67 Å². The Morgan fingerprint density at radius 2 is 1.84 bits per heavy atom. The molecule has 1 aliphatic rings. The average molecular weight is 431 g/mol. The number of benzene rings is 2. The molecule has 0 bridgehead atoms. The molecule has 1 saturated heterocycles. The van der Waals surface area contributed by atoms with E-state index in [1.54, 1.807) is 4.68 Å². The highest BCUT2D eigenvalue weighted by atomic mass is 16.5. The summed E-state index contributed by atoms with van der Waals surface area (Å²) in [5.74, 6) is 1.19. The van der Waals surface area contributed by atoms with Gasteiger partial charge in [-0.05, 0) is 38.1 Å². The summed E-state index contributed by atoms with van der Waals surface area (Å²) in [7, 11) is 0. The van der Waals surface area contributed by atoms with E-state index in [-0.39, 0.29) is 5.56 Å². The maximum atomic E-state index is 13.2. The first-order valence-electron chi connectivity index (χ1n) is 10.9. The first-order valence-corrected chi connectivity index (χ1v) is 10.9. The van der Waals surface area contributed by atoms with Crippen molar-refractivity contribution >= 4 is 16.7 Å². The first kappa shape index (κ1) is 20.3. The number of nitrogens with one attached hydrogen (secondary N) is 2. The molecule has 32 heavy (non-hydrogen) atoms. The molecule has 8 heteroatoms. The molecule has 2 aromatic heterocycles. The summed E-state index contributed by atoms with van der Waals surface area (Å²) >= 11 is 0. The fourth-order valence-corrected chi connectivity index (χ4v) is 4.15. The number of aromatic nitrogens is 4. The van der Waals surface area contributed by atoms with Crippen molar-refractivity contribution in [1.82, 2.24) is 25.1 Å². The van der Waals surface area contributed by atoms with E-state index in [9.17, 15) is 4.79 Å². The molecule has 0 aliphatic carbocycles. The number of aryl methyl sites for hydroxylation is 1. The third-order valence-electron chi connectivity index (χ3n) is 5.70. The number of para-hydroxylation sites is 1. The van der Waals surface area contributed by atoms with Crippen LogP contribution in [0.4, 0.5) is 5.69 Å². The zero-order valence-corrected chi connectivity index (χ0v) is 18.3. The van der Waals surface area contributed by atoms with E-state index in [0.717, 1.165) is 43.1 Å². The number of hydrogen-bond acceptors (Lipinski definition) is 6. The lowest BCUT2D eigenvalue weighted by Crippen LogP contribution is -2.43. The van der Waals surface area contributed by atoms with Gasteiger partial charge in [0.1, 0.15) is 17.1 Å². The summed E-state index contributed by atoms with van der Waals surface area (Å²) < 4.78 is 7.60. The standard InChI is InChI=1S/C24H26N6O2/c1-3-32-20-15-18(29-13-11-25-12-14-29)9-10-19(20)23-26-21-16(2)28-30(22(21)24(31)27-23)17-7-5-4-6-8-17/h4-10,15,25H,3,11-14H2,1-2H3,(H,26,27,31). The molecule has 2 aromatic carbocycles. The van der Waals surface area contributed by atoms with Crippen LogP contribution in [-0.2, 0) is 0 Å². The highest BCUT2D eigenvalue weighted by molar-refractivity contribution is 5.81. The molecule has 8 nitrogen and oxygen atoms in total. The lowest BCUT2D eigenvalue weighted by atomic mass is 10.1. The summed E-state index contributed by atoms with van der Waals surface area (Å²) in [6, 6.07) is 15.7. The largest absolute Gasteiger partial charge is 0.493 e.